The van der Waals surface area contributed by atoms with Gasteiger partial charge in [0.25, 0.3) is 5.91 Å². The van der Waals surface area contributed by atoms with E-state index in [2.05, 4.69) is 0 Å². The monoisotopic (exact) mass is 405 g/mol. The maximum atomic E-state index is 14.2. The molecule has 0 atom stereocenters. The number of hydrogen-bond donors (Lipinski definition) is 0. The Morgan fingerprint density at radius 1 is 0.867 bits per heavy atom. The van der Waals surface area contributed by atoms with Crippen LogP contribution in [0.15, 0.2) is 88.3 Å². The molecule has 150 valence electrons. The van der Waals surface area contributed by atoms with Crippen molar-refractivity contribution < 1.29 is 18.0 Å². The van der Waals surface area contributed by atoms with Gasteiger partial charge in [-0.25, -0.2) is 8.78 Å². The topological polar surface area (TPSA) is 50.5 Å². The summed E-state index contributed by atoms with van der Waals surface area (Å²) in [6.45, 7) is -0.0164. The Morgan fingerprint density at radius 3 is 2.33 bits per heavy atom. The summed E-state index contributed by atoms with van der Waals surface area (Å²) in [7, 11) is 0. The molecule has 1 heterocycles. The minimum absolute atomic E-state index is 0.0692. The Bertz CT molecular complexity index is 1270. The Balaban J connectivity index is 1.72. The first-order valence-corrected chi connectivity index (χ1v) is 9.30. The quantitative estimate of drug-likeness (QED) is 0.474. The van der Waals surface area contributed by atoms with E-state index in [1.807, 2.05) is 0 Å². The Kier molecular flexibility index (Phi) is 5.39. The number of hydrogen-bond acceptors (Lipinski definition) is 3. The predicted molar refractivity (Wildman–Crippen MR) is 109 cm³/mol. The van der Waals surface area contributed by atoms with E-state index >= 15 is 0 Å². The van der Waals surface area contributed by atoms with E-state index in [1.54, 1.807) is 42.5 Å². The van der Waals surface area contributed by atoms with Crippen LogP contribution in [0.3, 0.4) is 0 Å². The molecular weight excluding hydrogens is 388 g/mol. The highest BCUT2D eigenvalue weighted by Gasteiger charge is 2.21. The summed E-state index contributed by atoms with van der Waals surface area (Å²) in [6.07, 6.45) is 1.32. The van der Waals surface area contributed by atoms with Crippen LogP contribution in [0.5, 0.6) is 0 Å². The lowest BCUT2D eigenvalue weighted by atomic mass is 10.1. The van der Waals surface area contributed by atoms with E-state index in [0.717, 1.165) is 0 Å². The third-order valence-corrected chi connectivity index (χ3v) is 4.79. The number of nitrogens with zero attached hydrogens (tertiary/aromatic N) is 1. The van der Waals surface area contributed by atoms with Crippen LogP contribution in [0.4, 0.5) is 8.78 Å². The Labute approximate surface area is 171 Å². The van der Waals surface area contributed by atoms with Gasteiger partial charge in [-0.2, -0.15) is 0 Å². The van der Waals surface area contributed by atoms with Gasteiger partial charge in [0.2, 0.25) is 0 Å². The molecule has 0 saturated heterocycles. The summed E-state index contributed by atoms with van der Waals surface area (Å²) < 4.78 is 33.0. The van der Waals surface area contributed by atoms with Crippen molar-refractivity contribution in [3.05, 3.63) is 118 Å². The first kappa shape index (κ1) is 19.5. The molecular formula is C24H17F2NO3. The minimum atomic E-state index is -0.655. The summed E-state index contributed by atoms with van der Waals surface area (Å²) in [4.78, 5) is 27.3. The molecule has 1 amide bonds. The molecule has 1 aromatic heterocycles. The molecule has 0 radical (unpaired) electrons. The van der Waals surface area contributed by atoms with Crippen molar-refractivity contribution in [1.82, 2.24) is 4.90 Å². The molecule has 0 aliphatic carbocycles. The van der Waals surface area contributed by atoms with Crippen molar-refractivity contribution in [2.75, 3.05) is 0 Å². The van der Waals surface area contributed by atoms with E-state index in [9.17, 15) is 18.4 Å². The van der Waals surface area contributed by atoms with Gasteiger partial charge in [0.1, 0.15) is 17.2 Å². The normalized spacial score (nSPS) is 10.9. The molecule has 0 unspecified atom stereocenters. The highest BCUT2D eigenvalue weighted by atomic mass is 19.1. The summed E-state index contributed by atoms with van der Waals surface area (Å²) in [5, 5.41) is 0.398. The molecule has 0 spiro atoms. The fourth-order valence-electron chi connectivity index (χ4n) is 3.25. The zero-order valence-corrected chi connectivity index (χ0v) is 15.8. The van der Waals surface area contributed by atoms with Crippen LogP contribution in [0, 0.1) is 11.6 Å². The first-order chi connectivity index (χ1) is 14.5. The zero-order chi connectivity index (χ0) is 21.1. The maximum Gasteiger partial charge on any atom is 0.257 e. The summed E-state index contributed by atoms with van der Waals surface area (Å²) in [5.74, 6) is -1.64. The van der Waals surface area contributed by atoms with Gasteiger partial charge in [-0.15, -0.1) is 0 Å². The molecule has 30 heavy (non-hydrogen) atoms. The summed E-state index contributed by atoms with van der Waals surface area (Å²) >= 11 is 0. The van der Waals surface area contributed by atoms with Gasteiger partial charge < -0.3 is 9.32 Å². The first-order valence-electron chi connectivity index (χ1n) is 9.30. The fourth-order valence-corrected chi connectivity index (χ4v) is 3.25. The molecule has 0 aliphatic heterocycles. The van der Waals surface area contributed by atoms with E-state index in [1.165, 1.54) is 41.5 Å². The smallest absolute Gasteiger partial charge is 0.257 e. The van der Waals surface area contributed by atoms with Gasteiger partial charge in [-0.05, 0) is 42.0 Å². The van der Waals surface area contributed by atoms with Gasteiger partial charge in [-0.3, -0.25) is 9.59 Å². The number of carbonyl (C=O) groups excluding carboxylic acids is 1. The highest BCUT2D eigenvalue weighted by molar-refractivity contribution is 5.94. The summed E-state index contributed by atoms with van der Waals surface area (Å²) in [5.41, 5.74) is 0.982. The third-order valence-electron chi connectivity index (χ3n) is 4.79. The molecule has 4 nitrogen and oxygen atoms in total. The number of benzene rings is 3. The van der Waals surface area contributed by atoms with Gasteiger partial charge in [0.15, 0.2) is 5.43 Å². The second kappa shape index (κ2) is 8.29. The lowest BCUT2D eigenvalue weighted by molar-refractivity contribution is 0.0724. The van der Waals surface area contributed by atoms with Crippen molar-refractivity contribution in [3.8, 4) is 0 Å². The average molecular weight is 405 g/mol. The highest BCUT2D eigenvalue weighted by Crippen LogP contribution is 2.17. The van der Waals surface area contributed by atoms with E-state index in [0.29, 0.717) is 16.5 Å². The Hall–Kier alpha value is -3.80. The molecule has 4 aromatic rings. The second-order valence-electron chi connectivity index (χ2n) is 6.85. The molecule has 0 saturated carbocycles. The molecule has 4 rings (SSSR count). The molecule has 0 N–H and O–H groups in total. The van der Waals surface area contributed by atoms with Crippen molar-refractivity contribution in [2.45, 2.75) is 13.1 Å². The third kappa shape index (κ3) is 3.98. The van der Waals surface area contributed by atoms with E-state index in [-0.39, 0.29) is 29.6 Å². The van der Waals surface area contributed by atoms with E-state index < -0.39 is 17.5 Å². The van der Waals surface area contributed by atoms with Gasteiger partial charge in [0.05, 0.1) is 29.3 Å². The van der Waals surface area contributed by atoms with Gasteiger partial charge in [-0.1, -0.05) is 36.4 Å². The van der Waals surface area contributed by atoms with E-state index in [4.69, 9.17) is 4.42 Å². The van der Waals surface area contributed by atoms with Crippen LogP contribution in [-0.2, 0) is 13.1 Å². The van der Waals surface area contributed by atoms with Crippen molar-refractivity contribution in [1.29, 1.82) is 0 Å². The molecule has 0 aliphatic rings. The van der Waals surface area contributed by atoms with Crippen LogP contribution >= 0.6 is 0 Å². The SMILES string of the molecule is O=C(c1ccccc1F)N(Cc1ccc(F)cc1)Cc1coc2ccccc2c1=O. The van der Waals surface area contributed by atoms with Crippen LogP contribution in [0.2, 0.25) is 0 Å². The van der Waals surface area contributed by atoms with Crippen molar-refractivity contribution >= 4 is 16.9 Å². The predicted octanol–water partition coefficient (Wildman–Crippen LogP) is 4.91. The van der Waals surface area contributed by atoms with Crippen LogP contribution < -0.4 is 5.43 Å². The van der Waals surface area contributed by atoms with Crippen LogP contribution in [0.1, 0.15) is 21.5 Å². The lowest BCUT2D eigenvalue weighted by Crippen LogP contribution is -2.32. The standard InChI is InChI=1S/C24H17F2NO3/c25-18-11-9-16(10-12-18)13-27(24(29)19-5-1-3-7-21(19)26)14-17-15-30-22-8-4-2-6-20(22)23(17)28/h1-12,15H,13-14H2. The fraction of sp³-hybridized carbons (Fsp3) is 0.0833. The maximum absolute atomic E-state index is 14.2. The number of fused-ring (bicyclic) bond motifs is 1. The molecule has 0 bridgehead atoms. The second-order valence-corrected chi connectivity index (χ2v) is 6.85. The van der Waals surface area contributed by atoms with Gasteiger partial charge >= 0.3 is 0 Å². The summed E-state index contributed by atoms with van der Waals surface area (Å²) in [6, 6.07) is 18.1. The van der Waals surface area contributed by atoms with Crippen molar-refractivity contribution in [3.63, 3.8) is 0 Å². The number of para-hydroxylation sites is 1. The number of halogens is 2. The molecule has 6 heteroatoms. The molecule has 3 aromatic carbocycles. The van der Waals surface area contributed by atoms with Crippen LogP contribution in [0.25, 0.3) is 11.0 Å². The largest absolute Gasteiger partial charge is 0.464 e. The number of carbonyl (C=O) groups is 1. The average Bonchev–Trinajstić information content (AvgIpc) is 2.76. The lowest BCUT2D eigenvalue weighted by Gasteiger charge is -2.23. The number of amides is 1. The van der Waals surface area contributed by atoms with Crippen molar-refractivity contribution in [2.24, 2.45) is 0 Å². The minimum Gasteiger partial charge on any atom is -0.464 e. The Morgan fingerprint density at radius 2 is 1.57 bits per heavy atom. The molecule has 0 fully saturated rings. The van der Waals surface area contributed by atoms with Crippen LogP contribution in [-0.4, -0.2) is 10.8 Å². The number of rotatable bonds is 5. The van der Waals surface area contributed by atoms with Gasteiger partial charge in [0, 0.05) is 6.54 Å². The zero-order valence-electron chi connectivity index (χ0n) is 15.8.